The molecule has 0 saturated heterocycles. The van der Waals surface area contributed by atoms with E-state index >= 15 is 0 Å². The first kappa shape index (κ1) is 21.1. The first-order chi connectivity index (χ1) is 14.8. The maximum Gasteiger partial charge on any atom is 0.219 e. The van der Waals surface area contributed by atoms with Crippen LogP contribution in [-0.4, -0.2) is 36.1 Å². The molecule has 3 aromatic rings. The van der Waals surface area contributed by atoms with Crippen LogP contribution in [0, 0.1) is 0 Å². The summed E-state index contributed by atoms with van der Waals surface area (Å²) < 4.78 is 11.4. The molecule has 0 aliphatic heterocycles. The van der Waals surface area contributed by atoms with Gasteiger partial charge in [0.1, 0.15) is 0 Å². The standard InChI is InChI=1S/C23H27N5O2/c1-3-29-20-9-4-5-10-21(20)30-22-12-11-18(16-27-22)17-28-23(24-2)26-15-13-19-8-6-7-14-25-19/h4-12,14,16H,3,13,15,17H2,1-2H3,(H2,24,26,28). The average molecular weight is 406 g/mol. The van der Waals surface area contributed by atoms with E-state index in [-0.39, 0.29) is 0 Å². The highest BCUT2D eigenvalue weighted by molar-refractivity contribution is 5.79. The number of nitrogens with one attached hydrogen (secondary N) is 2. The van der Waals surface area contributed by atoms with Crippen molar-refractivity contribution in [1.82, 2.24) is 20.6 Å². The van der Waals surface area contributed by atoms with Crippen molar-refractivity contribution in [1.29, 1.82) is 0 Å². The Kier molecular flexibility index (Phi) is 8.02. The number of ether oxygens (including phenoxy) is 2. The summed E-state index contributed by atoms with van der Waals surface area (Å²) in [6, 6.07) is 17.3. The SMILES string of the molecule is CCOc1ccccc1Oc1ccc(CNC(=NC)NCCc2ccccn2)cn1. The Morgan fingerprint density at radius 3 is 2.50 bits per heavy atom. The molecule has 2 aromatic heterocycles. The van der Waals surface area contributed by atoms with Crippen molar-refractivity contribution in [3.05, 3.63) is 78.2 Å². The highest BCUT2D eigenvalue weighted by Crippen LogP contribution is 2.30. The van der Waals surface area contributed by atoms with Crippen molar-refractivity contribution in [3.63, 3.8) is 0 Å². The highest BCUT2D eigenvalue weighted by Gasteiger charge is 2.06. The smallest absolute Gasteiger partial charge is 0.219 e. The van der Waals surface area contributed by atoms with E-state index in [2.05, 4.69) is 25.6 Å². The van der Waals surface area contributed by atoms with Gasteiger partial charge in [0.2, 0.25) is 5.88 Å². The summed E-state index contributed by atoms with van der Waals surface area (Å²) in [5.74, 6) is 2.60. The van der Waals surface area contributed by atoms with Crippen LogP contribution in [-0.2, 0) is 13.0 Å². The summed E-state index contributed by atoms with van der Waals surface area (Å²) in [4.78, 5) is 13.0. The molecular formula is C23H27N5O2. The van der Waals surface area contributed by atoms with E-state index in [1.54, 1.807) is 19.4 Å². The van der Waals surface area contributed by atoms with Crippen LogP contribution >= 0.6 is 0 Å². The molecule has 7 nitrogen and oxygen atoms in total. The molecule has 0 aliphatic carbocycles. The summed E-state index contributed by atoms with van der Waals surface area (Å²) in [5, 5.41) is 6.57. The molecule has 0 fully saturated rings. The van der Waals surface area contributed by atoms with Crippen LogP contribution in [0.25, 0.3) is 0 Å². The van der Waals surface area contributed by atoms with Crippen LogP contribution in [0.1, 0.15) is 18.2 Å². The van der Waals surface area contributed by atoms with Gasteiger partial charge in [0, 0.05) is 50.7 Å². The molecule has 3 rings (SSSR count). The third-order valence-corrected chi connectivity index (χ3v) is 4.24. The zero-order valence-corrected chi connectivity index (χ0v) is 17.3. The summed E-state index contributed by atoms with van der Waals surface area (Å²) in [6.45, 7) is 3.88. The van der Waals surface area contributed by atoms with Gasteiger partial charge in [-0.15, -0.1) is 0 Å². The number of benzene rings is 1. The van der Waals surface area contributed by atoms with Crippen molar-refractivity contribution in [2.45, 2.75) is 19.9 Å². The molecule has 0 spiro atoms. The number of hydrogen-bond acceptors (Lipinski definition) is 5. The Morgan fingerprint density at radius 1 is 0.967 bits per heavy atom. The fourth-order valence-electron chi connectivity index (χ4n) is 2.76. The average Bonchev–Trinajstić information content (AvgIpc) is 2.79. The first-order valence-corrected chi connectivity index (χ1v) is 9.97. The normalized spacial score (nSPS) is 11.1. The lowest BCUT2D eigenvalue weighted by Gasteiger charge is -2.12. The zero-order chi connectivity index (χ0) is 21.0. The highest BCUT2D eigenvalue weighted by atomic mass is 16.5. The largest absolute Gasteiger partial charge is 0.490 e. The van der Waals surface area contributed by atoms with Gasteiger partial charge in [-0.3, -0.25) is 9.98 Å². The fraction of sp³-hybridized carbons (Fsp3) is 0.261. The van der Waals surface area contributed by atoms with Crippen molar-refractivity contribution >= 4 is 5.96 Å². The van der Waals surface area contributed by atoms with E-state index in [9.17, 15) is 0 Å². The quantitative estimate of drug-likeness (QED) is 0.418. The van der Waals surface area contributed by atoms with Gasteiger partial charge in [-0.1, -0.05) is 24.3 Å². The molecule has 0 amide bonds. The van der Waals surface area contributed by atoms with Gasteiger partial charge in [0.05, 0.1) is 6.61 Å². The Bertz CT molecular complexity index is 930. The van der Waals surface area contributed by atoms with Gasteiger partial charge in [-0.05, 0) is 36.8 Å². The van der Waals surface area contributed by atoms with E-state index < -0.39 is 0 Å². The van der Waals surface area contributed by atoms with Crippen LogP contribution in [0.2, 0.25) is 0 Å². The number of para-hydroxylation sites is 2. The zero-order valence-electron chi connectivity index (χ0n) is 17.3. The lowest BCUT2D eigenvalue weighted by atomic mass is 10.2. The molecule has 30 heavy (non-hydrogen) atoms. The van der Waals surface area contributed by atoms with Crippen LogP contribution < -0.4 is 20.1 Å². The molecule has 0 radical (unpaired) electrons. The van der Waals surface area contributed by atoms with E-state index in [1.807, 2.05) is 61.5 Å². The van der Waals surface area contributed by atoms with E-state index in [0.29, 0.717) is 30.5 Å². The number of guanidine groups is 1. The minimum Gasteiger partial charge on any atom is -0.490 e. The number of aliphatic imine (C=N–C) groups is 1. The minimum atomic E-state index is 0.517. The van der Waals surface area contributed by atoms with E-state index in [1.165, 1.54) is 0 Å². The molecule has 0 saturated carbocycles. The summed E-state index contributed by atoms with van der Waals surface area (Å²) in [6.07, 6.45) is 4.42. The molecule has 0 unspecified atom stereocenters. The van der Waals surface area contributed by atoms with Crippen LogP contribution in [0.3, 0.4) is 0 Å². The summed E-state index contributed by atoms with van der Waals surface area (Å²) in [5.41, 5.74) is 2.07. The number of aromatic nitrogens is 2. The molecule has 7 heteroatoms. The third kappa shape index (κ3) is 6.48. The number of hydrogen-bond donors (Lipinski definition) is 2. The second-order valence-electron chi connectivity index (χ2n) is 6.41. The lowest BCUT2D eigenvalue weighted by Crippen LogP contribution is -2.37. The Hall–Kier alpha value is -3.61. The Morgan fingerprint density at radius 2 is 1.80 bits per heavy atom. The van der Waals surface area contributed by atoms with E-state index in [0.717, 1.165) is 30.2 Å². The van der Waals surface area contributed by atoms with Gasteiger partial charge in [-0.2, -0.15) is 0 Å². The van der Waals surface area contributed by atoms with Crippen molar-refractivity contribution in [2.75, 3.05) is 20.2 Å². The predicted octanol–water partition coefficient (Wildman–Crippen LogP) is 3.58. The second-order valence-corrected chi connectivity index (χ2v) is 6.41. The van der Waals surface area contributed by atoms with Gasteiger partial charge in [-0.25, -0.2) is 4.98 Å². The second kappa shape index (κ2) is 11.4. The minimum absolute atomic E-state index is 0.517. The van der Waals surface area contributed by atoms with Crippen molar-refractivity contribution in [2.24, 2.45) is 4.99 Å². The van der Waals surface area contributed by atoms with Crippen LogP contribution in [0.5, 0.6) is 17.4 Å². The molecule has 0 aliphatic rings. The van der Waals surface area contributed by atoms with Crippen LogP contribution in [0.4, 0.5) is 0 Å². The summed E-state index contributed by atoms with van der Waals surface area (Å²) in [7, 11) is 1.75. The molecular weight excluding hydrogens is 378 g/mol. The van der Waals surface area contributed by atoms with Gasteiger partial charge >= 0.3 is 0 Å². The first-order valence-electron chi connectivity index (χ1n) is 9.97. The molecule has 1 aromatic carbocycles. The monoisotopic (exact) mass is 405 g/mol. The van der Waals surface area contributed by atoms with Crippen molar-refractivity contribution in [3.8, 4) is 17.4 Å². The molecule has 2 heterocycles. The van der Waals surface area contributed by atoms with Gasteiger partial charge in [0.25, 0.3) is 0 Å². The Labute approximate surface area is 177 Å². The van der Waals surface area contributed by atoms with E-state index in [4.69, 9.17) is 9.47 Å². The van der Waals surface area contributed by atoms with Crippen LogP contribution in [0.15, 0.2) is 72.0 Å². The molecule has 0 atom stereocenters. The molecule has 0 bridgehead atoms. The molecule has 156 valence electrons. The predicted molar refractivity (Wildman–Crippen MR) is 118 cm³/mol. The number of nitrogens with zero attached hydrogens (tertiary/aromatic N) is 3. The molecule has 2 N–H and O–H groups in total. The topological polar surface area (TPSA) is 80.7 Å². The lowest BCUT2D eigenvalue weighted by molar-refractivity contribution is 0.319. The number of pyridine rings is 2. The van der Waals surface area contributed by atoms with Gasteiger partial charge in [0.15, 0.2) is 17.5 Å². The third-order valence-electron chi connectivity index (χ3n) is 4.24. The van der Waals surface area contributed by atoms with Gasteiger partial charge < -0.3 is 20.1 Å². The van der Waals surface area contributed by atoms with Crippen molar-refractivity contribution < 1.29 is 9.47 Å². The maximum absolute atomic E-state index is 5.86. The fourth-order valence-corrected chi connectivity index (χ4v) is 2.76. The maximum atomic E-state index is 5.86. The summed E-state index contributed by atoms with van der Waals surface area (Å²) >= 11 is 0. The Balaban J connectivity index is 1.48. The number of rotatable bonds is 9.